The fraction of sp³-hybridized carbons (Fsp3) is 0.500. The third-order valence-electron chi connectivity index (χ3n) is 1.92. The van der Waals surface area contributed by atoms with Gasteiger partial charge in [-0.05, 0) is 0 Å². The van der Waals surface area contributed by atoms with E-state index in [1.165, 1.54) is 0 Å². The summed E-state index contributed by atoms with van der Waals surface area (Å²) in [6, 6.07) is 0. The molecule has 2 heterocycles. The molecule has 3 N–H and O–H groups in total. The molecule has 0 amide bonds. The molecule has 0 fully saturated rings. The van der Waals surface area contributed by atoms with Crippen LogP contribution < -0.4 is 10.6 Å². The zero-order valence-corrected chi connectivity index (χ0v) is 7.38. The van der Waals surface area contributed by atoms with Gasteiger partial charge in [0, 0.05) is 31.4 Å². The van der Waals surface area contributed by atoms with Crippen molar-refractivity contribution in [3.63, 3.8) is 0 Å². The highest BCUT2D eigenvalue weighted by Gasteiger charge is 2.02. The van der Waals surface area contributed by atoms with Gasteiger partial charge in [-0.25, -0.2) is 4.98 Å². The van der Waals surface area contributed by atoms with Crippen molar-refractivity contribution in [2.45, 2.75) is 6.42 Å². The van der Waals surface area contributed by atoms with Crippen molar-refractivity contribution < 1.29 is 0 Å². The molecule has 0 saturated heterocycles. The van der Waals surface area contributed by atoms with Crippen molar-refractivity contribution in [3.05, 3.63) is 18.2 Å². The van der Waals surface area contributed by atoms with Gasteiger partial charge in [-0.1, -0.05) is 0 Å². The summed E-state index contributed by atoms with van der Waals surface area (Å²) in [5.74, 6) is 0.916. The molecule has 0 spiro atoms. The average Bonchev–Trinajstić information content (AvgIpc) is 2.75. The number of aromatic amines is 1. The predicted molar refractivity (Wildman–Crippen MR) is 50.6 cm³/mol. The topological polar surface area (TPSA) is 65.1 Å². The van der Waals surface area contributed by atoms with Crippen LogP contribution in [-0.2, 0) is 6.42 Å². The molecule has 5 nitrogen and oxygen atoms in total. The molecule has 0 atom stereocenters. The Morgan fingerprint density at radius 2 is 2.54 bits per heavy atom. The molecule has 2 rings (SSSR count). The van der Waals surface area contributed by atoms with E-state index in [1.54, 1.807) is 6.33 Å². The van der Waals surface area contributed by atoms with Crippen molar-refractivity contribution in [2.75, 3.05) is 19.6 Å². The van der Waals surface area contributed by atoms with Crippen LogP contribution in [0, 0.1) is 0 Å². The maximum Gasteiger partial charge on any atom is 0.191 e. The first-order chi connectivity index (χ1) is 6.45. The van der Waals surface area contributed by atoms with Gasteiger partial charge in [0.15, 0.2) is 5.96 Å². The molecular formula is C8H13N5. The average molecular weight is 179 g/mol. The first-order valence-corrected chi connectivity index (χ1v) is 4.44. The fourth-order valence-corrected chi connectivity index (χ4v) is 1.25. The largest absolute Gasteiger partial charge is 0.356 e. The SMILES string of the molecule is c1ncc(CCNC2=NCCN2)[nH]1. The van der Waals surface area contributed by atoms with Crippen molar-refractivity contribution in [3.8, 4) is 0 Å². The van der Waals surface area contributed by atoms with E-state index in [4.69, 9.17) is 0 Å². The molecule has 1 aromatic rings. The minimum Gasteiger partial charge on any atom is -0.356 e. The molecule has 13 heavy (non-hydrogen) atoms. The number of aliphatic imine (C=N–C) groups is 1. The highest BCUT2D eigenvalue weighted by molar-refractivity contribution is 5.81. The summed E-state index contributed by atoms with van der Waals surface area (Å²) < 4.78 is 0. The number of nitrogens with one attached hydrogen (secondary N) is 3. The third-order valence-corrected chi connectivity index (χ3v) is 1.92. The van der Waals surface area contributed by atoms with Gasteiger partial charge in [0.2, 0.25) is 0 Å². The number of H-pyrrole nitrogens is 1. The Morgan fingerprint density at radius 1 is 1.54 bits per heavy atom. The molecule has 1 aromatic heterocycles. The Bertz CT molecular complexity index is 277. The second-order valence-corrected chi connectivity index (χ2v) is 2.91. The Kier molecular flexibility index (Phi) is 2.45. The lowest BCUT2D eigenvalue weighted by Crippen LogP contribution is -2.34. The maximum atomic E-state index is 4.22. The van der Waals surface area contributed by atoms with Gasteiger partial charge < -0.3 is 15.6 Å². The van der Waals surface area contributed by atoms with Crippen LogP contribution in [0.5, 0.6) is 0 Å². The summed E-state index contributed by atoms with van der Waals surface area (Å²) in [6.07, 6.45) is 4.48. The summed E-state index contributed by atoms with van der Waals surface area (Å²) in [5, 5.41) is 6.36. The molecule has 0 unspecified atom stereocenters. The molecular weight excluding hydrogens is 166 g/mol. The number of rotatable bonds is 3. The molecule has 0 radical (unpaired) electrons. The lowest BCUT2D eigenvalue weighted by Gasteiger charge is -2.04. The Labute approximate surface area is 76.7 Å². The summed E-state index contributed by atoms with van der Waals surface area (Å²) in [5.41, 5.74) is 1.14. The van der Waals surface area contributed by atoms with E-state index < -0.39 is 0 Å². The second-order valence-electron chi connectivity index (χ2n) is 2.91. The van der Waals surface area contributed by atoms with Crippen LogP contribution in [0.2, 0.25) is 0 Å². The van der Waals surface area contributed by atoms with E-state index in [1.807, 2.05) is 6.20 Å². The van der Waals surface area contributed by atoms with E-state index in [-0.39, 0.29) is 0 Å². The van der Waals surface area contributed by atoms with Gasteiger partial charge in [-0.2, -0.15) is 0 Å². The van der Waals surface area contributed by atoms with Gasteiger partial charge in [0.1, 0.15) is 0 Å². The quantitative estimate of drug-likeness (QED) is 0.586. The number of nitrogens with zero attached hydrogens (tertiary/aromatic N) is 2. The van der Waals surface area contributed by atoms with E-state index in [0.717, 1.165) is 37.7 Å². The van der Waals surface area contributed by atoms with E-state index in [9.17, 15) is 0 Å². The molecule has 5 heteroatoms. The van der Waals surface area contributed by atoms with Crippen LogP contribution in [-0.4, -0.2) is 35.6 Å². The lowest BCUT2D eigenvalue weighted by molar-refractivity contribution is 0.823. The number of imidazole rings is 1. The standard InChI is InChI=1S/C8H13N5/c1(7-5-9-6-13-7)2-10-8-11-3-4-12-8/h5-6H,1-4H2,(H,9,13)(H2,10,11,12). The number of hydrogen-bond donors (Lipinski definition) is 3. The second kappa shape index (κ2) is 3.93. The number of hydrogen-bond acceptors (Lipinski definition) is 4. The van der Waals surface area contributed by atoms with Gasteiger partial charge >= 0.3 is 0 Å². The Morgan fingerprint density at radius 3 is 3.23 bits per heavy atom. The summed E-state index contributed by atoms with van der Waals surface area (Å²) in [7, 11) is 0. The highest BCUT2D eigenvalue weighted by Crippen LogP contribution is 1.90. The number of guanidine groups is 1. The minimum absolute atomic E-state index is 0.881. The monoisotopic (exact) mass is 179 g/mol. The normalized spacial score (nSPS) is 15.2. The van der Waals surface area contributed by atoms with Crippen LogP contribution in [0.1, 0.15) is 5.69 Å². The van der Waals surface area contributed by atoms with Crippen LogP contribution in [0.15, 0.2) is 17.5 Å². The van der Waals surface area contributed by atoms with Crippen molar-refractivity contribution >= 4 is 5.96 Å². The summed E-state index contributed by atoms with van der Waals surface area (Å²) in [6.45, 7) is 2.72. The maximum absolute atomic E-state index is 4.22. The smallest absolute Gasteiger partial charge is 0.191 e. The first-order valence-electron chi connectivity index (χ1n) is 4.44. The Balaban J connectivity index is 1.69. The van der Waals surface area contributed by atoms with Crippen molar-refractivity contribution in [1.82, 2.24) is 20.6 Å². The van der Waals surface area contributed by atoms with E-state index in [2.05, 4.69) is 25.6 Å². The predicted octanol–water partition coefficient (Wildman–Crippen LogP) is -0.499. The van der Waals surface area contributed by atoms with Gasteiger partial charge in [0.25, 0.3) is 0 Å². The van der Waals surface area contributed by atoms with Gasteiger partial charge in [-0.15, -0.1) is 0 Å². The van der Waals surface area contributed by atoms with Gasteiger partial charge in [0.05, 0.1) is 12.9 Å². The molecule has 70 valence electrons. The molecule has 0 bridgehead atoms. The van der Waals surface area contributed by atoms with E-state index >= 15 is 0 Å². The highest BCUT2D eigenvalue weighted by atomic mass is 15.2. The van der Waals surface area contributed by atoms with E-state index in [0.29, 0.717) is 0 Å². The van der Waals surface area contributed by atoms with Crippen LogP contribution in [0.4, 0.5) is 0 Å². The Hall–Kier alpha value is -1.52. The van der Waals surface area contributed by atoms with Crippen molar-refractivity contribution in [1.29, 1.82) is 0 Å². The number of aromatic nitrogens is 2. The molecule has 0 aliphatic carbocycles. The molecule has 0 saturated carbocycles. The van der Waals surface area contributed by atoms with Crippen LogP contribution in [0.25, 0.3) is 0 Å². The van der Waals surface area contributed by atoms with Gasteiger partial charge in [-0.3, -0.25) is 4.99 Å². The molecule has 1 aliphatic heterocycles. The van der Waals surface area contributed by atoms with Crippen LogP contribution in [0.3, 0.4) is 0 Å². The van der Waals surface area contributed by atoms with Crippen molar-refractivity contribution in [2.24, 2.45) is 4.99 Å². The first kappa shape index (κ1) is 8.10. The zero-order valence-electron chi connectivity index (χ0n) is 7.38. The fourth-order valence-electron chi connectivity index (χ4n) is 1.25. The third kappa shape index (κ3) is 2.21. The molecule has 1 aliphatic rings. The summed E-state index contributed by atoms with van der Waals surface area (Å²) in [4.78, 5) is 11.2. The zero-order chi connectivity index (χ0) is 8.93. The minimum atomic E-state index is 0.881. The lowest BCUT2D eigenvalue weighted by atomic mass is 10.3. The molecule has 0 aromatic carbocycles. The van der Waals surface area contributed by atoms with Crippen LogP contribution >= 0.6 is 0 Å². The summed E-state index contributed by atoms with van der Waals surface area (Å²) >= 11 is 0.